The van der Waals surface area contributed by atoms with E-state index in [1.807, 2.05) is 31.3 Å². The summed E-state index contributed by atoms with van der Waals surface area (Å²) in [5, 5.41) is 0. The Labute approximate surface area is 120 Å². The van der Waals surface area contributed by atoms with Crippen molar-refractivity contribution in [3.05, 3.63) is 29.8 Å². The Morgan fingerprint density at radius 1 is 1.40 bits per heavy atom. The first kappa shape index (κ1) is 14.9. The molecule has 1 fully saturated rings. The van der Waals surface area contributed by atoms with Gasteiger partial charge < -0.3 is 15.4 Å². The number of anilines is 1. The molecule has 0 unspecified atom stereocenters. The first-order valence-corrected chi connectivity index (χ1v) is 7.32. The monoisotopic (exact) mass is 276 g/mol. The summed E-state index contributed by atoms with van der Waals surface area (Å²) < 4.78 is 5.55. The predicted octanol–water partition coefficient (Wildman–Crippen LogP) is 2.09. The topological polar surface area (TPSA) is 55.6 Å². The van der Waals surface area contributed by atoms with Gasteiger partial charge in [0.25, 0.3) is 0 Å². The number of aryl methyl sites for hydroxylation is 1. The number of likely N-dealkylation sites (N-methyl/N-ethyl adjacent to an activating group) is 1. The van der Waals surface area contributed by atoms with E-state index in [-0.39, 0.29) is 5.91 Å². The molecule has 1 saturated carbocycles. The normalized spacial score (nSPS) is 14.2. The summed E-state index contributed by atoms with van der Waals surface area (Å²) in [7, 11) is 1.83. The van der Waals surface area contributed by atoms with Crippen LogP contribution in [0.1, 0.15) is 24.8 Å². The van der Waals surface area contributed by atoms with Gasteiger partial charge in [0.2, 0.25) is 5.91 Å². The van der Waals surface area contributed by atoms with Gasteiger partial charge in [-0.15, -0.1) is 0 Å². The molecule has 2 rings (SSSR count). The third kappa shape index (κ3) is 4.85. The Morgan fingerprint density at radius 3 is 2.85 bits per heavy atom. The number of carbonyl (C=O) groups is 1. The number of nitrogen functional groups attached to an aromatic ring is 1. The van der Waals surface area contributed by atoms with Crippen molar-refractivity contribution in [3.63, 3.8) is 0 Å². The number of amides is 1. The number of nitrogens with two attached hydrogens (primary N) is 1. The fraction of sp³-hybridized carbons (Fsp3) is 0.562. The van der Waals surface area contributed by atoms with Gasteiger partial charge in [-0.1, -0.05) is 18.2 Å². The van der Waals surface area contributed by atoms with E-state index < -0.39 is 0 Å². The van der Waals surface area contributed by atoms with Crippen LogP contribution < -0.4 is 5.73 Å². The number of nitrogens with zero attached hydrogens (tertiary/aromatic N) is 1. The van der Waals surface area contributed by atoms with Crippen molar-refractivity contribution in [3.8, 4) is 0 Å². The summed E-state index contributed by atoms with van der Waals surface area (Å²) in [6.45, 7) is 2.14. The average Bonchev–Trinajstić information content (AvgIpc) is 3.26. The minimum atomic E-state index is 0.142. The van der Waals surface area contributed by atoms with Gasteiger partial charge in [-0.25, -0.2) is 0 Å². The van der Waals surface area contributed by atoms with E-state index in [2.05, 4.69) is 0 Å². The van der Waals surface area contributed by atoms with E-state index >= 15 is 0 Å². The molecule has 0 atom stereocenters. The second-order valence-electron chi connectivity index (χ2n) is 5.53. The summed E-state index contributed by atoms with van der Waals surface area (Å²) in [5.41, 5.74) is 7.67. The molecule has 0 heterocycles. The minimum Gasteiger partial charge on any atom is -0.399 e. The van der Waals surface area contributed by atoms with Gasteiger partial charge in [0.1, 0.15) is 0 Å². The summed E-state index contributed by atoms with van der Waals surface area (Å²) in [5.74, 6) is 0.917. The third-order valence-electron chi connectivity index (χ3n) is 3.71. The Hall–Kier alpha value is -1.55. The zero-order valence-corrected chi connectivity index (χ0v) is 12.2. The second-order valence-corrected chi connectivity index (χ2v) is 5.53. The van der Waals surface area contributed by atoms with Crippen molar-refractivity contribution >= 4 is 11.6 Å². The molecule has 1 amide bonds. The predicted molar refractivity (Wildman–Crippen MR) is 80.4 cm³/mol. The van der Waals surface area contributed by atoms with Gasteiger partial charge in [0, 0.05) is 32.3 Å². The maximum atomic E-state index is 12.0. The molecule has 0 saturated heterocycles. The Bertz CT molecular complexity index is 444. The number of carbonyl (C=O) groups excluding carboxylic acids is 1. The van der Waals surface area contributed by atoms with E-state index in [1.54, 1.807) is 4.90 Å². The Kier molecular flexibility index (Phi) is 5.41. The van der Waals surface area contributed by atoms with Gasteiger partial charge in [-0.2, -0.15) is 0 Å². The van der Waals surface area contributed by atoms with Crippen molar-refractivity contribution in [2.24, 2.45) is 5.92 Å². The second kappa shape index (κ2) is 7.29. The highest BCUT2D eigenvalue weighted by atomic mass is 16.5. The van der Waals surface area contributed by atoms with Crippen LogP contribution in [0.5, 0.6) is 0 Å². The zero-order valence-electron chi connectivity index (χ0n) is 12.2. The Balaban J connectivity index is 1.64. The Morgan fingerprint density at radius 2 is 2.15 bits per heavy atom. The maximum absolute atomic E-state index is 12.0. The number of ether oxygens (including phenoxy) is 1. The van der Waals surface area contributed by atoms with Crippen LogP contribution in [-0.4, -0.2) is 37.6 Å². The van der Waals surface area contributed by atoms with E-state index in [4.69, 9.17) is 10.5 Å². The number of benzene rings is 1. The lowest BCUT2D eigenvalue weighted by atomic mass is 10.1. The van der Waals surface area contributed by atoms with E-state index in [1.165, 1.54) is 12.8 Å². The highest BCUT2D eigenvalue weighted by molar-refractivity contribution is 5.76. The minimum absolute atomic E-state index is 0.142. The van der Waals surface area contributed by atoms with Crippen molar-refractivity contribution in [1.29, 1.82) is 0 Å². The molecule has 0 aliphatic heterocycles. The van der Waals surface area contributed by atoms with Crippen LogP contribution in [-0.2, 0) is 16.0 Å². The smallest absolute Gasteiger partial charge is 0.222 e. The van der Waals surface area contributed by atoms with Crippen molar-refractivity contribution in [1.82, 2.24) is 4.90 Å². The highest BCUT2D eigenvalue weighted by Crippen LogP contribution is 2.28. The third-order valence-corrected chi connectivity index (χ3v) is 3.71. The van der Waals surface area contributed by atoms with Crippen molar-refractivity contribution < 1.29 is 9.53 Å². The fourth-order valence-corrected chi connectivity index (χ4v) is 2.06. The molecular weight excluding hydrogens is 252 g/mol. The number of rotatable bonds is 8. The maximum Gasteiger partial charge on any atom is 0.222 e. The van der Waals surface area contributed by atoms with E-state index in [9.17, 15) is 4.79 Å². The highest BCUT2D eigenvalue weighted by Gasteiger charge is 2.21. The zero-order chi connectivity index (χ0) is 14.4. The van der Waals surface area contributed by atoms with Gasteiger partial charge in [0.15, 0.2) is 0 Å². The number of hydrogen-bond acceptors (Lipinski definition) is 3. The SMILES string of the molecule is CN(CCOCC1CC1)C(=O)CCc1ccccc1N. The lowest BCUT2D eigenvalue weighted by Crippen LogP contribution is -2.30. The van der Waals surface area contributed by atoms with Gasteiger partial charge in [-0.05, 0) is 36.8 Å². The van der Waals surface area contributed by atoms with E-state index in [0.29, 0.717) is 26.0 Å². The van der Waals surface area contributed by atoms with Gasteiger partial charge in [0.05, 0.1) is 6.61 Å². The van der Waals surface area contributed by atoms with Crippen LogP contribution in [0.25, 0.3) is 0 Å². The molecule has 0 spiro atoms. The van der Waals surface area contributed by atoms with E-state index in [0.717, 1.165) is 23.8 Å². The molecule has 1 aromatic rings. The van der Waals surface area contributed by atoms with Crippen molar-refractivity contribution in [2.45, 2.75) is 25.7 Å². The molecule has 1 aliphatic rings. The lowest BCUT2D eigenvalue weighted by molar-refractivity contribution is -0.130. The molecule has 0 bridgehead atoms. The molecule has 110 valence electrons. The van der Waals surface area contributed by atoms with Crippen LogP contribution in [0.3, 0.4) is 0 Å². The van der Waals surface area contributed by atoms with Crippen LogP contribution in [0.15, 0.2) is 24.3 Å². The average molecular weight is 276 g/mol. The molecule has 0 radical (unpaired) electrons. The van der Waals surface area contributed by atoms with Crippen LogP contribution in [0.2, 0.25) is 0 Å². The number of hydrogen-bond donors (Lipinski definition) is 1. The van der Waals surface area contributed by atoms with Crippen LogP contribution >= 0.6 is 0 Å². The van der Waals surface area contributed by atoms with Crippen LogP contribution in [0.4, 0.5) is 5.69 Å². The largest absolute Gasteiger partial charge is 0.399 e. The molecule has 4 nitrogen and oxygen atoms in total. The molecule has 20 heavy (non-hydrogen) atoms. The molecular formula is C16H24N2O2. The lowest BCUT2D eigenvalue weighted by Gasteiger charge is -2.17. The molecule has 1 aromatic carbocycles. The standard InChI is InChI=1S/C16H24N2O2/c1-18(10-11-20-12-13-6-7-13)16(19)9-8-14-4-2-3-5-15(14)17/h2-5,13H,6-12,17H2,1H3. The summed E-state index contributed by atoms with van der Waals surface area (Å²) in [4.78, 5) is 13.7. The quantitative estimate of drug-likeness (QED) is 0.584. The molecule has 0 aromatic heterocycles. The fourth-order valence-electron chi connectivity index (χ4n) is 2.06. The van der Waals surface area contributed by atoms with Gasteiger partial charge >= 0.3 is 0 Å². The van der Waals surface area contributed by atoms with Crippen molar-refractivity contribution in [2.75, 3.05) is 32.5 Å². The summed E-state index contributed by atoms with van der Waals surface area (Å²) in [6, 6.07) is 7.70. The summed E-state index contributed by atoms with van der Waals surface area (Å²) in [6.07, 6.45) is 3.78. The first-order valence-electron chi connectivity index (χ1n) is 7.32. The molecule has 2 N–H and O–H groups in total. The summed E-state index contributed by atoms with van der Waals surface area (Å²) >= 11 is 0. The van der Waals surface area contributed by atoms with Gasteiger partial charge in [-0.3, -0.25) is 4.79 Å². The van der Waals surface area contributed by atoms with Crippen LogP contribution in [0, 0.1) is 5.92 Å². The molecule has 4 heteroatoms. The number of para-hydroxylation sites is 1. The first-order chi connectivity index (χ1) is 9.66. The molecule has 1 aliphatic carbocycles.